The van der Waals surface area contributed by atoms with Gasteiger partial charge in [0.25, 0.3) is 0 Å². The standard InChI is InChI=1S/C19H30N4O/c1-19(2,3)10-17(24)23-9-7-16-15(13-23)11-20-18(21-16)14-6-5-8-22(4)12-14/h11,14H,5-10,12-13H2,1-4H3/t14-/m1/s1. The molecule has 0 radical (unpaired) electrons. The fourth-order valence-corrected chi connectivity index (χ4v) is 3.68. The summed E-state index contributed by atoms with van der Waals surface area (Å²) in [5.41, 5.74) is 2.30. The third kappa shape index (κ3) is 4.12. The van der Waals surface area contributed by atoms with Crippen LogP contribution in [0.5, 0.6) is 0 Å². The highest BCUT2D eigenvalue weighted by Gasteiger charge is 2.27. The van der Waals surface area contributed by atoms with E-state index in [0.29, 0.717) is 18.9 Å². The van der Waals surface area contributed by atoms with E-state index in [9.17, 15) is 4.79 Å². The Kier molecular flexibility index (Phi) is 4.90. The van der Waals surface area contributed by atoms with Crippen LogP contribution in [0, 0.1) is 5.41 Å². The Labute approximate surface area is 145 Å². The van der Waals surface area contributed by atoms with Gasteiger partial charge in [0, 0.05) is 50.2 Å². The lowest BCUT2D eigenvalue weighted by atomic mass is 9.91. The molecule has 5 heteroatoms. The van der Waals surface area contributed by atoms with E-state index in [-0.39, 0.29) is 11.3 Å². The molecule has 0 aliphatic carbocycles. The summed E-state index contributed by atoms with van der Waals surface area (Å²) < 4.78 is 0. The van der Waals surface area contributed by atoms with Crippen LogP contribution in [0.15, 0.2) is 6.20 Å². The number of piperidine rings is 1. The average molecular weight is 330 g/mol. The molecule has 0 aromatic carbocycles. The zero-order valence-electron chi connectivity index (χ0n) is 15.5. The minimum Gasteiger partial charge on any atom is -0.338 e. The first-order valence-electron chi connectivity index (χ1n) is 9.13. The largest absolute Gasteiger partial charge is 0.338 e. The second-order valence-electron chi connectivity index (χ2n) is 8.60. The first-order chi connectivity index (χ1) is 11.3. The van der Waals surface area contributed by atoms with E-state index in [0.717, 1.165) is 36.6 Å². The van der Waals surface area contributed by atoms with Crippen molar-refractivity contribution in [1.29, 1.82) is 0 Å². The third-order valence-electron chi connectivity index (χ3n) is 4.98. The van der Waals surface area contributed by atoms with E-state index in [2.05, 4.69) is 37.7 Å². The van der Waals surface area contributed by atoms with Crippen molar-refractivity contribution in [2.24, 2.45) is 5.41 Å². The van der Waals surface area contributed by atoms with E-state index in [1.807, 2.05) is 11.1 Å². The Balaban J connectivity index is 1.69. The number of amides is 1. The lowest BCUT2D eigenvalue weighted by Crippen LogP contribution is -2.38. The summed E-state index contributed by atoms with van der Waals surface area (Å²) in [5, 5.41) is 0. The number of hydrogen-bond acceptors (Lipinski definition) is 4. The number of carbonyl (C=O) groups excluding carboxylic acids is 1. The number of hydrogen-bond donors (Lipinski definition) is 0. The van der Waals surface area contributed by atoms with Gasteiger partial charge in [0.1, 0.15) is 5.82 Å². The summed E-state index contributed by atoms with van der Waals surface area (Å²) in [6, 6.07) is 0. The van der Waals surface area contributed by atoms with E-state index >= 15 is 0 Å². The van der Waals surface area contributed by atoms with Crippen LogP contribution in [0.2, 0.25) is 0 Å². The van der Waals surface area contributed by atoms with Gasteiger partial charge >= 0.3 is 0 Å². The second kappa shape index (κ2) is 6.79. The zero-order chi connectivity index (χ0) is 17.3. The van der Waals surface area contributed by atoms with Crippen LogP contribution >= 0.6 is 0 Å². The third-order valence-corrected chi connectivity index (χ3v) is 4.98. The molecule has 2 aliphatic heterocycles. The topological polar surface area (TPSA) is 49.3 Å². The maximum absolute atomic E-state index is 12.5. The Hall–Kier alpha value is -1.49. The maximum Gasteiger partial charge on any atom is 0.223 e. The molecule has 5 nitrogen and oxygen atoms in total. The maximum atomic E-state index is 12.5. The highest BCUT2D eigenvalue weighted by Crippen LogP contribution is 2.27. The SMILES string of the molecule is CN1CCC[C@@H](c2ncc3c(n2)CCN(C(=O)CC(C)(C)C)C3)C1. The molecule has 1 saturated heterocycles. The summed E-state index contributed by atoms with van der Waals surface area (Å²) in [4.78, 5) is 26.3. The highest BCUT2D eigenvalue weighted by molar-refractivity contribution is 5.77. The summed E-state index contributed by atoms with van der Waals surface area (Å²) in [6.45, 7) is 10.00. The molecule has 1 aromatic heterocycles. The predicted octanol–water partition coefficient (Wildman–Crippen LogP) is 2.61. The van der Waals surface area contributed by atoms with Gasteiger partial charge in [-0.2, -0.15) is 0 Å². The van der Waals surface area contributed by atoms with E-state index in [1.165, 1.54) is 19.4 Å². The number of likely N-dealkylation sites (N-methyl/N-ethyl adjacent to an activating group) is 1. The van der Waals surface area contributed by atoms with Crippen LogP contribution in [0.25, 0.3) is 0 Å². The summed E-state index contributed by atoms with van der Waals surface area (Å²) in [5.74, 6) is 1.69. The summed E-state index contributed by atoms with van der Waals surface area (Å²) >= 11 is 0. The molecule has 0 unspecified atom stereocenters. The minimum atomic E-state index is 0.0325. The summed E-state index contributed by atoms with van der Waals surface area (Å²) in [7, 11) is 2.17. The fraction of sp³-hybridized carbons (Fsp3) is 0.737. The average Bonchev–Trinajstić information content (AvgIpc) is 2.52. The Bertz CT molecular complexity index is 608. The van der Waals surface area contributed by atoms with E-state index in [1.54, 1.807) is 0 Å². The summed E-state index contributed by atoms with van der Waals surface area (Å²) in [6.07, 6.45) is 5.80. The number of carbonyl (C=O) groups is 1. The molecule has 3 heterocycles. The first kappa shape index (κ1) is 17.3. The van der Waals surface area contributed by atoms with Gasteiger partial charge in [0.2, 0.25) is 5.91 Å². The number of nitrogens with zero attached hydrogens (tertiary/aromatic N) is 4. The van der Waals surface area contributed by atoms with Crippen LogP contribution in [0.3, 0.4) is 0 Å². The molecule has 0 N–H and O–H groups in total. The predicted molar refractivity (Wildman–Crippen MR) is 94.7 cm³/mol. The molecule has 0 saturated carbocycles. The molecule has 2 aliphatic rings. The van der Waals surface area contributed by atoms with Gasteiger partial charge in [0.15, 0.2) is 0 Å². The quantitative estimate of drug-likeness (QED) is 0.836. The van der Waals surface area contributed by atoms with Gasteiger partial charge in [-0.3, -0.25) is 4.79 Å². The molecule has 3 rings (SSSR count). The number of likely N-dealkylation sites (tertiary alicyclic amines) is 1. The monoisotopic (exact) mass is 330 g/mol. The van der Waals surface area contributed by atoms with Crippen LogP contribution < -0.4 is 0 Å². The molecule has 1 atom stereocenters. The van der Waals surface area contributed by atoms with Crippen molar-refractivity contribution in [2.75, 3.05) is 26.7 Å². The molecule has 1 amide bonds. The zero-order valence-corrected chi connectivity index (χ0v) is 15.5. The first-order valence-corrected chi connectivity index (χ1v) is 9.13. The van der Waals surface area contributed by atoms with Crippen molar-refractivity contribution < 1.29 is 4.79 Å². The second-order valence-corrected chi connectivity index (χ2v) is 8.60. The number of aromatic nitrogens is 2. The normalized spacial score (nSPS) is 22.3. The molecule has 1 fully saturated rings. The Morgan fingerprint density at radius 1 is 1.33 bits per heavy atom. The van der Waals surface area contributed by atoms with Gasteiger partial charge in [-0.25, -0.2) is 9.97 Å². The molecule has 0 bridgehead atoms. The van der Waals surface area contributed by atoms with E-state index in [4.69, 9.17) is 4.98 Å². The van der Waals surface area contributed by atoms with Gasteiger partial charge in [-0.15, -0.1) is 0 Å². The molecule has 1 aromatic rings. The molecular weight excluding hydrogens is 300 g/mol. The van der Waals surface area contributed by atoms with Crippen LogP contribution in [-0.4, -0.2) is 52.4 Å². The molecule has 132 valence electrons. The lowest BCUT2D eigenvalue weighted by Gasteiger charge is -2.32. The number of rotatable bonds is 2. The number of fused-ring (bicyclic) bond motifs is 1. The lowest BCUT2D eigenvalue weighted by molar-refractivity contribution is -0.134. The van der Waals surface area contributed by atoms with Crippen molar-refractivity contribution in [3.63, 3.8) is 0 Å². The van der Waals surface area contributed by atoms with Crippen molar-refractivity contribution in [3.05, 3.63) is 23.3 Å². The van der Waals surface area contributed by atoms with Gasteiger partial charge in [-0.05, 0) is 31.8 Å². The van der Waals surface area contributed by atoms with Crippen molar-refractivity contribution in [2.45, 2.75) is 58.9 Å². The van der Waals surface area contributed by atoms with E-state index < -0.39 is 0 Å². The Morgan fingerprint density at radius 3 is 2.83 bits per heavy atom. The van der Waals surface area contributed by atoms with Crippen LogP contribution in [0.1, 0.15) is 63.0 Å². The van der Waals surface area contributed by atoms with Crippen molar-refractivity contribution >= 4 is 5.91 Å². The smallest absolute Gasteiger partial charge is 0.223 e. The van der Waals surface area contributed by atoms with Gasteiger partial charge < -0.3 is 9.80 Å². The molecule has 0 spiro atoms. The highest BCUT2D eigenvalue weighted by atomic mass is 16.2. The van der Waals surface area contributed by atoms with Crippen LogP contribution in [-0.2, 0) is 17.8 Å². The van der Waals surface area contributed by atoms with Crippen molar-refractivity contribution in [1.82, 2.24) is 19.8 Å². The van der Waals surface area contributed by atoms with Gasteiger partial charge in [0.05, 0.1) is 5.69 Å². The van der Waals surface area contributed by atoms with Crippen LogP contribution in [0.4, 0.5) is 0 Å². The molecular formula is C19H30N4O. The minimum absolute atomic E-state index is 0.0325. The van der Waals surface area contributed by atoms with Gasteiger partial charge in [-0.1, -0.05) is 20.8 Å². The molecule has 24 heavy (non-hydrogen) atoms. The fourth-order valence-electron chi connectivity index (χ4n) is 3.68. The Morgan fingerprint density at radius 2 is 2.12 bits per heavy atom. The van der Waals surface area contributed by atoms with Crippen molar-refractivity contribution in [3.8, 4) is 0 Å².